The van der Waals surface area contributed by atoms with Crippen molar-refractivity contribution in [3.8, 4) is 23.0 Å². The van der Waals surface area contributed by atoms with Gasteiger partial charge in [0, 0.05) is 17.5 Å². The lowest BCUT2D eigenvalue weighted by molar-refractivity contribution is -0.151. The molecule has 0 radical (unpaired) electrons. The molecule has 1 aliphatic carbocycles. The van der Waals surface area contributed by atoms with Gasteiger partial charge in [-0.3, -0.25) is 9.59 Å². The first-order valence-electron chi connectivity index (χ1n) is 10.3. The normalized spacial score (nSPS) is 17.9. The van der Waals surface area contributed by atoms with Gasteiger partial charge in [-0.25, -0.2) is 0 Å². The number of methoxy groups -OCH3 is 4. The van der Waals surface area contributed by atoms with Crippen LogP contribution < -0.4 is 18.9 Å². The number of benzene rings is 2. The van der Waals surface area contributed by atoms with Crippen LogP contribution in [0.25, 0.3) is 5.57 Å². The number of allylic oxidation sites excluding steroid dienone is 2. The van der Waals surface area contributed by atoms with Gasteiger partial charge in [-0.15, -0.1) is 0 Å². The second-order valence-electron chi connectivity index (χ2n) is 7.29. The van der Waals surface area contributed by atoms with Gasteiger partial charge in [0.2, 0.25) is 0 Å². The number of hydrogen-bond donors (Lipinski definition) is 0. The fourth-order valence-electron chi connectivity index (χ4n) is 4.03. The SMILES string of the molecule is CCOC(=O)[C@H]1C(=O)C=C(c2ccc(OC)cc2OC)C[C@@H]1c1ccc(OC)c(OC)c1. The first-order chi connectivity index (χ1) is 15.5. The molecule has 2 atom stereocenters. The third-order valence-electron chi connectivity index (χ3n) is 5.60. The molecule has 3 rings (SSSR count). The molecule has 170 valence electrons. The zero-order valence-electron chi connectivity index (χ0n) is 19.0. The molecule has 2 aromatic rings. The molecular weight excluding hydrogens is 412 g/mol. The smallest absolute Gasteiger partial charge is 0.317 e. The van der Waals surface area contributed by atoms with Crippen LogP contribution in [0.3, 0.4) is 0 Å². The van der Waals surface area contributed by atoms with Gasteiger partial charge in [0.25, 0.3) is 0 Å². The highest BCUT2D eigenvalue weighted by Gasteiger charge is 2.40. The Balaban J connectivity index is 2.09. The van der Waals surface area contributed by atoms with Gasteiger partial charge in [-0.1, -0.05) is 6.07 Å². The van der Waals surface area contributed by atoms with E-state index < -0.39 is 17.8 Å². The van der Waals surface area contributed by atoms with E-state index in [0.29, 0.717) is 29.4 Å². The molecule has 0 amide bonds. The van der Waals surface area contributed by atoms with Crippen molar-refractivity contribution in [3.05, 3.63) is 53.6 Å². The third kappa shape index (κ3) is 4.56. The van der Waals surface area contributed by atoms with Gasteiger partial charge >= 0.3 is 5.97 Å². The number of ketones is 1. The molecule has 0 unspecified atom stereocenters. The topological polar surface area (TPSA) is 80.3 Å². The van der Waals surface area contributed by atoms with Crippen molar-refractivity contribution in [3.63, 3.8) is 0 Å². The van der Waals surface area contributed by atoms with E-state index >= 15 is 0 Å². The van der Waals surface area contributed by atoms with Crippen LogP contribution >= 0.6 is 0 Å². The maximum Gasteiger partial charge on any atom is 0.317 e. The molecule has 0 spiro atoms. The molecular formula is C25H28O7. The average molecular weight is 440 g/mol. The largest absolute Gasteiger partial charge is 0.497 e. The first kappa shape index (κ1) is 23.2. The van der Waals surface area contributed by atoms with Gasteiger partial charge in [0.05, 0.1) is 35.0 Å². The lowest BCUT2D eigenvalue weighted by atomic mass is 9.73. The molecule has 0 saturated heterocycles. The van der Waals surface area contributed by atoms with Crippen LogP contribution in [-0.4, -0.2) is 46.8 Å². The van der Waals surface area contributed by atoms with E-state index in [1.54, 1.807) is 53.6 Å². The third-order valence-corrected chi connectivity index (χ3v) is 5.60. The van der Waals surface area contributed by atoms with Crippen molar-refractivity contribution >= 4 is 17.3 Å². The molecule has 0 N–H and O–H groups in total. The van der Waals surface area contributed by atoms with E-state index in [0.717, 1.165) is 16.7 Å². The second-order valence-corrected chi connectivity index (χ2v) is 7.29. The standard InChI is InChI=1S/C25H28O7/c1-6-32-25(27)24-19(15-7-10-21(29-3)23(13-15)31-5)11-16(12-20(24)26)18-9-8-17(28-2)14-22(18)30-4/h7-10,12-14,19,24H,6,11H2,1-5H3/t19-,24-/m1/s1. The van der Waals surface area contributed by atoms with Crippen LogP contribution in [0.5, 0.6) is 23.0 Å². The summed E-state index contributed by atoms with van der Waals surface area (Å²) in [6.07, 6.45) is 1.95. The van der Waals surface area contributed by atoms with Gasteiger partial charge in [0.1, 0.15) is 17.4 Å². The lowest BCUT2D eigenvalue weighted by Crippen LogP contribution is -2.34. The van der Waals surface area contributed by atoms with Gasteiger partial charge < -0.3 is 23.7 Å². The Hall–Kier alpha value is -3.48. The van der Waals surface area contributed by atoms with Crippen LogP contribution in [0.1, 0.15) is 30.4 Å². The van der Waals surface area contributed by atoms with Crippen molar-refractivity contribution < 1.29 is 33.3 Å². The Morgan fingerprint density at radius 3 is 2.25 bits per heavy atom. The fourth-order valence-corrected chi connectivity index (χ4v) is 4.03. The first-order valence-corrected chi connectivity index (χ1v) is 10.3. The Bertz CT molecular complexity index is 1020. The molecule has 0 fully saturated rings. The summed E-state index contributed by atoms with van der Waals surface area (Å²) >= 11 is 0. The fraction of sp³-hybridized carbons (Fsp3) is 0.360. The Labute approximate surface area is 187 Å². The van der Waals surface area contributed by atoms with Gasteiger partial charge in [-0.05, 0) is 54.8 Å². The van der Waals surface area contributed by atoms with E-state index in [1.165, 1.54) is 6.08 Å². The quantitative estimate of drug-likeness (QED) is 0.453. The van der Waals surface area contributed by atoms with Crippen LogP contribution in [0.2, 0.25) is 0 Å². The highest BCUT2D eigenvalue weighted by atomic mass is 16.5. The molecule has 0 heterocycles. The molecule has 7 heteroatoms. The predicted octanol–water partition coefficient (Wildman–Crippen LogP) is 4.04. The van der Waals surface area contributed by atoms with E-state index in [2.05, 4.69) is 0 Å². The van der Waals surface area contributed by atoms with Crippen LogP contribution in [0.4, 0.5) is 0 Å². The number of esters is 1. The number of hydrogen-bond acceptors (Lipinski definition) is 7. The van der Waals surface area contributed by atoms with E-state index in [4.69, 9.17) is 23.7 Å². The number of rotatable bonds is 8. The maximum atomic E-state index is 13.2. The molecule has 0 saturated carbocycles. The Morgan fingerprint density at radius 1 is 0.906 bits per heavy atom. The predicted molar refractivity (Wildman–Crippen MR) is 120 cm³/mol. The molecule has 0 aromatic heterocycles. The van der Waals surface area contributed by atoms with Crippen LogP contribution in [0.15, 0.2) is 42.5 Å². The molecule has 32 heavy (non-hydrogen) atoms. The molecule has 0 bridgehead atoms. The summed E-state index contributed by atoms with van der Waals surface area (Å²) in [5.41, 5.74) is 2.33. The highest BCUT2D eigenvalue weighted by Crippen LogP contribution is 2.44. The molecule has 7 nitrogen and oxygen atoms in total. The molecule has 1 aliphatic rings. The van der Waals surface area contributed by atoms with Crippen molar-refractivity contribution in [2.24, 2.45) is 5.92 Å². The van der Waals surface area contributed by atoms with Crippen molar-refractivity contribution in [1.29, 1.82) is 0 Å². The minimum absolute atomic E-state index is 0.199. The average Bonchev–Trinajstić information content (AvgIpc) is 2.82. The monoisotopic (exact) mass is 440 g/mol. The maximum absolute atomic E-state index is 13.2. The van der Waals surface area contributed by atoms with Crippen molar-refractivity contribution in [1.82, 2.24) is 0 Å². The van der Waals surface area contributed by atoms with Gasteiger partial charge in [0.15, 0.2) is 17.3 Å². The number of carbonyl (C=O) groups excluding carboxylic acids is 2. The van der Waals surface area contributed by atoms with E-state index in [1.807, 2.05) is 18.2 Å². The van der Waals surface area contributed by atoms with E-state index in [9.17, 15) is 9.59 Å². The lowest BCUT2D eigenvalue weighted by Gasteiger charge is -2.30. The summed E-state index contributed by atoms with van der Waals surface area (Å²) in [6.45, 7) is 1.92. The number of ether oxygens (including phenoxy) is 5. The van der Waals surface area contributed by atoms with Crippen LogP contribution in [0, 0.1) is 5.92 Å². The van der Waals surface area contributed by atoms with Crippen molar-refractivity contribution in [2.75, 3.05) is 35.0 Å². The Morgan fingerprint density at radius 2 is 1.62 bits per heavy atom. The zero-order chi connectivity index (χ0) is 23.3. The Kier molecular flexibility index (Phi) is 7.41. The van der Waals surface area contributed by atoms with Gasteiger partial charge in [-0.2, -0.15) is 0 Å². The number of carbonyl (C=O) groups is 2. The van der Waals surface area contributed by atoms with E-state index in [-0.39, 0.29) is 12.4 Å². The molecule has 0 aliphatic heterocycles. The zero-order valence-corrected chi connectivity index (χ0v) is 19.0. The van der Waals surface area contributed by atoms with Crippen LogP contribution in [-0.2, 0) is 14.3 Å². The summed E-state index contributed by atoms with van der Waals surface area (Å²) in [6, 6.07) is 10.9. The highest BCUT2D eigenvalue weighted by molar-refractivity contribution is 6.11. The summed E-state index contributed by atoms with van der Waals surface area (Å²) in [5.74, 6) is 0.112. The summed E-state index contributed by atoms with van der Waals surface area (Å²) in [4.78, 5) is 25.9. The minimum Gasteiger partial charge on any atom is -0.497 e. The molecule has 2 aromatic carbocycles. The summed E-state index contributed by atoms with van der Waals surface area (Å²) < 4.78 is 26.8. The summed E-state index contributed by atoms with van der Waals surface area (Å²) in [7, 11) is 6.25. The second kappa shape index (κ2) is 10.2. The minimum atomic E-state index is -0.943. The summed E-state index contributed by atoms with van der Waals surface area (Å²) in [5, 5.41) is 0. The van der Waals surface area contributed by atoms with Crippen molar-refractivity contribution in [2.45, 2.75) is 19.3 Å².